The molecular weight excluding hydrogens is 427 g/mol. The van der Waals surface area contributed by atoms with E-state index in [1.165, 1.54) is 4.58 Å². The average Bonchev–Trinajstić information content (AvgIpc) is 2.68. The van der Waals surface area contributed by atoms with Crippen molar-refractivity contribution >= 4 is 41.4 Å². The minimum absolute atomic E-state index is 0.243. The van der Waals surface area contributed by atoms with Gasteiger partial charge in [0.15, 0.2) is 12.0 Å². The van der Waals surface area contributed by atoms with Crippen LogP contribution in [0.1, 0.15) is 56.5 Å². The summed E-state index contributed by atoms with van der Waals surface area (Å²) >= 11 is 6.00. The predicted octanol–water partition coefficient (Wildman–Crippen LogP) is 2.65. The van der Waals surface area contributed by atoms with Crippen LogP contribution in [-0.2, 0) is 25.5 Å². The number of carbonyl (C=O) groups excluding carboxylic acids is 4. The van der Waals surface area contributed by atoms with E-state index in [2.05, 4.69) is 5.32 Å². The van der Waals surface area contributed by atoms with Crippen molar-refractivity contribution in [1.29, 1.82) is 0 Å². The fourth-order valence-electron chi connectivity index (χ4n) is 3.28. The summed E-state index contributed by atoms with van der Waals surface area (Å²) < 4.78 is 19.5. The van der Waals surface area contributed by atoms with Crippen LogP contribution in [0.5, 0.6) is 0 Å². The second-order valence-corrected chi connectivity index (χ2v) is 8.71. The molecular formula is C22H27ClFN2O5+. The van der Waals surface area contributed by atoms with Crippen LogP contribution in [0.25, 0.3) is 0 Å². The van der Waals surface area contributed by atoms with E-state index in [0.717, 1.165) is 5.56 Å². The predicted molar refractivity (Wildman–Crippen MR) is 113 cm³/mol. The molecule has 168 valence electrons. The van der Waals surface area contributed by atoms with Crippen molar-refractivity contribution < 1.29 is 32.9 Å². The Hall–Kier alpha value is -2.61. The van der Waals surface area contributed by atoms with E-state index >= 15 is 0 Å². The highest BCUT2D eigenvalue weighted by Gasteiger charge is 2.39. The Bertz CT molecular complexity index is 923. The third-order valence-corrected chi connectivity index (χ3v) is 4.93. The summed E-state index contributed by atoms with van der Waals surface area (Å²) in [4.78, 5) is 50.0. The van der Waals surface area contributed by atoms with Gasteiger partial charge in [-0.2, -0.15) is 4.58 Å². The molecule has 0 bridgehead atoms. The number of fused-ring (bicyclic) bond motifs is 1. The number of hydrogen-bond donors (Lipinski definition) is 1. The standard InChI is InChI=1S/C22H26ClFN2O5/c1-5-17(26-9-8-13-6-7-14(23)10-15(13)21(26)30)20(29)25-16(18(27)12-24)11-19(28)31-22(2,3)4/h6-7,9-10,16-17H,5,8,11-12H2,1-4H3/p+1/t16?,17-/m0/s1. The zero-order valence-corrected chi connectivity index (χ0v) is 18.8. The molecule has 1 aromatic carbocycles. The number of carbonyl (C=O) groups is 4. The highest BCUT2D eigenvalue weighted by Crippen LogP contribution is 2.21. The Kier molecular flexibility index (Phi) is 8.06. The molecule has 0 spiro atoms. The molecule has 1 unspecified atom stereocenters. The molecule has 1 aliphatic heterocycles. The summed E-state index contributed by atoms with van der Waals surface area (Å²) in [6, 6.07) is 2.66. The van der Waals surface area contributed by atoms with Crippen LogP contribution in [0.2, 0.25) is 5.02 Å². The number of nitrogens with one attached hydrogen (secondary N) is 1. The van der Waals surface area contributed by atoms with Gasteiger partial charge in [-0.3, -0.25) is 14.4 Å². The summed E-state index contributed by atoms with van der Waals surface area (Å²) in [7, 11) is 0. The van der Waals surface area contributed by atoms with Crippen molar-refractivity contribution in [1.82, 2.24) is 5.32 Å². The van der Waals surface area contributed by atoms with Crippen LogP contribution in [0, 0.1) is 0 Å². The number of nitrogens with zero attached hydrogens (tertiary/aromatic N) is 1. The van der Waals surface area contributed by atoms with Gasteiger partial charge in [-0.1, -0.05) is 24.6 Å². The summed E-state index contributed by atoms with van der Waals surface area (Å²) in [5.74, 6) is -2.74. The molecule has 2 rings (SSSR count). The Morgan fingerprint density at radius 1 is 1.29 bits per heavy atom. The number of hydrogen-bond acceptors (Lipinski definition) is 5. The van der Waals surface area contributed by atoms with Crippen molar-refractivity contribution in [3.05, 3.63) is 34.3 Å². The van der Waals surface area contributed by atoms with Crippen molar-refractivity contribution in [2.24, 2.45) is 0 Å². The molecule has 0 saturated heterocycles. The van der Waals surface area contributed by atoms with Gasteiger partial charge in [0.25, 0.3) is 5.91 Å². The molecule has 0 aliphatic carbocycles. The lowest BCUT2D eigenvalue weighted by Gasteiger charge is -2.23. The van der Waals surface area contributed by atoms with Crippen molar-refractivity contribution in [2.75, 3.05) is 6.67 Å². The fourth-order valence-corrected chi connectivity index (χ4v) is 3.45. The first kappa shape index (κ1) is 24.7. The monoisotopic (exact) mass is 453 g/mol. The Labute approximate surface area is 185 Å². The number of halogens is 2. The topological polar surface area (TPSA) is 92.6 Å². The van der Waals surface area contributed by atoms with Crippen molar-refractivity contribution in [3.63, 3.8) is 0 Å². The molecule has 9 heteroatoms. The SMILES string of the molecule is CC[C@@H](C(=O)NC(CC(=O)OC(C)(C)C)C(=O)CF)[N+]1=CCc2ccc(Cl)cc2C1=O. The molecule has 0 radical (unpaired) electrons. The number of Topliss-reactive ketones (excluding diaryl/α,β-unsaturated/α-hetero) is 1. The third-order valence-electron chi connectivity index (χ3n) is 4.70. The third kappa shape index (κ3) is 6.43. The lowest BCUT2D eigenvalue weighted by molar-refractivity contribution is -0.456. The van der Waals surface area contributed by atoms with Gasteiger partial charge in [0.05, 0.1) is 18.4 Å². The zero-order valence-electron chi connectivity index (χ0n) is 18.0. The van der Waals surface area contributed by atoms with E-state index in [1.807, 2.05) is 0 Å². The maximum Gasteiger partial charge on any atom is 0.420 e. The summed E-state index contributed by atoms with van der Waals surface area (Å²) in [6.45, 7) is 5.34. The number of ketones is 1. The number of amides is 2. The lowest BCUT2D eigenvalue weighted by atomic mass is 9.99. The minimum Gasteiger partial charge on any atom is -0.460 e. The van der Waals surface area contributed by atoms with E-state index in [1.54, 1.807) is 52.1 Å². The van der Waals surface area contributed by atoms with E-state index in [4.69, 9.17) is 16.3 Å². The van der Waals surface area contributed by atoms with Gasteiger partial charge < -0.3 is 10.1 Å². The second kappa shape index (κ2) is 10.1. The normalized spacial score (nSPS) is 15.4. The van der Waals surface area contributed by atoms with Crippen LogP contribution in [0.4, 0.5) is 4.39 Å². The van der Waals surface area contributed by atoms with Crippen molar-refractivity contribution in [2.45, 2.75) is 64.6 Å². The van der Waals surface area contributed by atoms with Gasteiger partial charge in [-0.15, -0.1) is 0 Å². The van der Waals surface area contributed by atoms with Crippen LogP contribution in [0.3, 0.4) is 0 Å². The molecule has 2 atom stereocenters. The van der Waals surface area contributed by atoms with E-state index < -0.39 is 54.3 Å². The number of esters is 1. The van der Waals surface area contributed by atoms with Gasteiger partial charge in [0.1, 0.15) is 18.3 Å². The van der Waals surface area contributed by atoms with E-state index in [9.17, 15) is 23.6 Å². The highest BCUT2D eigenvalue weighted by atomic mass is 35.5. The van der Waals surface area contributed by atoms with Crippen LogP contribution >= 0.6 is 11.6 Å². The van der Waals surface area contributed by atoms with E-state index in [0.29, 0.717) is 17.0 Å². The van der Waals surface area contributed by atoms with Gasteiger partial charge in [-0.25, -0.2) is 9.18 Å². The second-order valence-electron chi connectivity index (χ2n) is 8.28. The average molecular weight is 454 g/mol. The maximum absolute atomic E-state index is 13.0. The molecule has 1 aliphatic rings. The maximum atomic E-state index is 13.0. The minimum atomic E-state index is -1.39. The Balaban J connectivity index is 2.19. The van der Waals surface area contributed by atoms with Gasteiger partial charge in [0.2, 0.25) is 6.04 Å². The first-order valence-electron chi connectivity index (χ1n) is 10.0. The Morgan fingerprint density at radius 2 is 1.97 bits per heavy atom. The fraction of sp³-hybridized carbons (Fsp3) is 0.500. The zero-order chi connectivity index (χ0) is 23.3. The summed E-state index contributed by atoms with van der Waals surface area (Å²) in [6.07, 6.45) is 1.77. The molecule has 0 fully saturated rings. The number of ether oxygens (including phenoxy) is 1. The van der Waals surface area contributed by atoms with Crippen molar-refractivity contribution in [3.8, 4) is 0 Å². The van der Waals surface area contributed by atoms with Crippen LogP contribution < -0.4 is 5.32 Å². The first-order valence-corrected chi connectivity index (χ1v) is 10.4. The summed E-state index contributed by atoms with van der Waals surface area (Å²) in [5, 5.41) is 2.82. The molecule has 1 N–H and O–H groups in total. The largest absolute Gasteiger partial charge is 0.460 e. The van der Waals surface area contributed by atoms with Crippen LogP contribution in [-0.4, -0.2) is 58.7 Å². The lowest BCUT2D eigenvalue weighted by Crippen LogP contribution is -2.52. The quantitative estimate of drug-likeness (QED) is 0.482. The number of rotatable bonds is 8. The van der Waals surface area contributed by atoms with Crippen LogP contribution in [0.15, 0.2) is 18.2 Å². The molecule has 2 amide bonds. The Morgan fingerprint density at radius 3 is 2.55 bits per heavy atom. The molecule has 1 aromatic rings. The van der Waals surface area contributed by atoms with Gasteiger partial charge in [-0.05, 0) is 38.5 Å². The number of alkyl halides is 1. The molecule has 0 aromatic heterocycles. The molecule has 1 heterocycles. The molecule has 31 heavy (non-hydrogen) atoms. The highest BCUT2D eigenvalue weighted by molar-refractivity contribution is 6.31. The van der Waals surface area contributed by atoms with E-state index in [-0.39, 0.29) is 6.42 Å². The van der Waals surface area contributed by atoms with Gasteiger partial charge in [0, 0.05) is 11.4 Å². The molecule has 0 saturated carbocycles. The molecule has 7 nitrogen and oxygen atoms in total. The first-order chi connectivity index (χ1) is 14.5. The van der Waals surface area contributed by atoms with Gasteiger partial charge >= 0.3 is 11.9 Å². The number of benzene rings is 1. The smallest absolute Gasteiger partial charge is 0.420 e. The summed E-state index contributed by atoms with van der Waals surface area (Å²) in [5.41, 5.74) is 0.392.